The van der Waals surface area contributed by atoms with Gasteiger partial charge in [0.05, 0.1) is 4.88 Å². The van der Waals surface area contributed by atoms with Crippen molar-refractivity contribution in [3.05, 3.63) is 69.6 Å². The summed E-state index contributed by atoms with van der Waals surface area (Å²) in [6, 6.07) is 14.1. The van der Waals surface area contributed by atoms with Crippen molar-refractivity contribution in [2.24, 2.45) is 0 Å². The van der Waals surface area contributed by atoms with Gasteiger partial charge in [-0.1, -0.05) is 29.8 Å². The zero-order chi connectivity index (χ0) is 17.1. The summed E-state index contributed by atoms with van der Waals surface area (Å²) in [5.41, 5.74) is 2.93. The summed E-state index contributed by atoms with van der Waals surface area (Å²) in [6.07, 6.45) is 0. The number of nitrogens with one attached hydrogen (secondary N) is 2. The fourth-order valence-electron chi connectivity index (χ4n) is 2.27. The minimum Gasteiger partial charge on any atom is -0.348 e. The van der Waals surface area contributed by atoms with E-state index in [-0.39, 0.29) is 5.91 Å². The van der Waals surface area contributed by atoms with Crippen molar-refractivity contribution < 1.29 is 14.8 Å². The van der Waals surface area contributed by atoms with Crippen LogP contribution in [0.4, 0.5) is 0 Å². The summed E-state index contributed by atoms with van der Waals surface area (Å²) in [5.74, 6) is -0.794. The molecule has 0 saturated carbocycles. The number of amides is 2. The molecule has 0 aliphatic rings. The van der Waals surface area contributed by atoms with Gasteiger partial charge < -0.3 is 5.32 Å². The van der Waals surface area contributed by atoms with Gasteiger partial charge in [-0.15, -0.1) is 11.3 Å². The lowest BCUT2D eigenvalue weighted by Crippen LogP contribution is -2.22. The van der Waals surface area contributed by atoms with E-state index in [1.807, 2.05) is 18.2 Å². The number of carbonyl (C=O) groups is 2. The number of carbonyl (C=O) groups excluding carboxylic acids is 2. The first-order valence-electron chi connectivity index (χ1n) is 7.08. The summed E-state index contributed by atoms with van der Waals surface area (Å²) in [7, 11) is 0. The molecule has 0 fully saturated rings. The molecule has 0 atom stereocenters. The summed E-state index contributed by atoms with van der Waals surface area (Å²) in [5, 5.41) is 12.9. The highest BCUT2D eigenvalue weighted by Gasteiger charge is 2.12. The van der Waals surface area contributed by atoms with Crippen molar-refractivity contribution >= 4 is 44.8 Å². The number of halogens is 1. The Balaban J connectivity index is 1.77. The van der Waals surface area contributed by atoms with Gasteiger partial charge in [0.25, 0.3) is 11.8 Å². The van der Waals surface area contributed by atoms with Crippen molar-refractivity contribution in [2.75, 3.05) is 0 Å². The van der Waals surface area contributed by atoms with Crippen molar-refractivity contribution in [1.29, 1.82) is 0 Å². The maximum absolute atomic E-state index is 12.3. The van der Waals surface area contributed by atoms with Crippen LogP contribution in [0.2, 0.25) is 5.02 Å². The van der Waals surface area contributed by atoms with Crippen molar-refractivity contribution in [1.82, 2.24) is 10.8 Å². The average molecular weight is 361 g/mol. The van der Waals surface area contributed by atoms with Crippen LogP contribution in [-0.4, -0.2) is 17.0 Å². The monoisotopic (exact) mass is 360 g/mol. The van der Waals surface area contributed by atoms with Gasteiger partial charge in [-0.3, -0.25) is 14.8 Å². The number of hydrogen-bond donors (Lipinski definition) is 3. The van der Waals surface area contributed by atoms with E-state index in [9.17, 15) is 9.59 Å². The van der Waals surface area contributed by atoms with Gasteiger partial charge in [0.2, 0.25) is 0 Å². The lowest BCUT2D eigenvalue weighted by atomic mass is 10.1. The van der Waals surface area contributed by atoms with Gasteiger partial charge >= 0.3 is 0 Å². The zero-order valence-electron chi connectivity index (χ0n) is 12.4. The Morgan fingerprint density at radius 1 is 1.08 bits per heavy atom. The molecule has 3 rings (SSSR count). The fraction of sp³-hybridized carbons (Fsp3) is 0.0588. The highest BCUT2D eigenvalue weighted by Crippen LogP contribution is 2.26. The maximum atomic E-state index is 12.3. The van der Waals surface area contributed by atoms with Crippen LogP contribution in [0.1, 0.15) is 25.6 Å². The van der Waals surface area contributed by atoms with Crippen LogP contribution in [0.3, 0.4) is 0 Å². The normalized spacial score (nSPS) is 10.6. The average Bonchev–Trinajstić information content (AvgIpc) is 3.03. The van der Waals surface area contributed by atoms with Crippen LogP contribution < -0.4 is 10.8 Å². The maximum Gasteiger partial charge on any atom is 0.284 e. The molecule has 0 spiro atoms. The zero-order valence-corrected chi connectivity index (χ0v) is 13.9. The van der Waals surface area contributed by atoms with Gasteiger partial charge in [0, 0.05) is 21.8 Å². The summed E-state index contributed by atoms with van der Waals surface area (Å²) >= 11 is 7.31. The largest absolute Gasteiger partial charge is 0.348 e. The smallest absolute Gasteiger partial charge is 0.284 e. The first-order valence-corrected chi connectivity index (χ1v) is 8.27. The van der Waals surface area contributed by atoms with E-state index in [4.69, 9.17) is 16.8 Å². The Kier molecular flexibility index (Phi) is 4.80. The van der Waals surface area contributed by atoms with Crippen molar-refractivity contribution in [3.63, 3.8) is 0 Å². The van der Waals surface area contributed by atoms with Gasteiger partial charge in [-0.05, 0) is 41.3 Å². The Bertz CT molecular complexity index is 923. The third-order valence-electron chi connectivity index (χ3n) is 3.50. The molecule has 3 aromatic rings. The predicted molar refractivity (Wildman–Crippen MR) is 93.7 cm³/mol. The summed E-state index contributed by atoms with van der Waals surface area (Å²) < 4.78 is 0.858. The highest BCUT2D eigenvalue weighted by atomic mass is 35.5. The molecular formula is C17H13ClN2O3S. The third-order valence-corrected chi connectivity index (χ3v) is 4.98. The van der Waals surface area contributed by atoms with Crippen molar-refractivity contribution in [2.45, 2.75) is 6.54 Å². The summed E-state index contributed by atoms with van der Waals surface area (Å²) in [4.78, 5) is 24.1. The number of thiophene rings is 1. The van der Waals surface area contributed by atoms with Crippen LogP contribution in [-0.2, 0) is 6.54 Å². The van der Waals surface area contributed by atoms with Crippen LogP contribution >= 0.6 is 22.9 Å². The minimum absolute atomic E-state index is 0.226. The molecule has 3 N–H and O–H groups in total. The van der Waals surface area contributed by atoms with Gasteiger partial charge in [0.15, 0.2) is 0 Å². The molecule has 0 aliphatic heterocycles. The van der Waals surface area contributed by atoms with Crippen molar-refractivity contribution in [3.8, 4) is 0 Å². The number of rotatable bonds is 4. The van der Waals surface area contributed by atoms with Crippen LogP contribution in [0.5, 0.6) is 0 Å². The van der Waals surface area contributed by atoms with E-state index in [2.05, 4.69) is 5.32 Å². The molecule has 0 aliphatic carbocycles. The number of hydroxylamine groups is 1. The Hall–Kier alpha value is -2.41. The molecule has 0 bridgehead atoms. The van der Waals surface area contributed by atoms with Crippen LogP contribution in [0, 0.1) is 0 Å². The fourth-order valence-corrected chi connectivity index (χ4v) is 3.41. The number of fused-ring (bicyclic) bond motifs is 1. The second kappa shape index (κ2) is 7.00. The first-order chi connectivity index (χ1) is 11.6. The second-order valence-electron chi connectivity index (χ2n) is 5.08. The van der Waals surface area contributed by atoms with E-state index in [0.29, 0.717) is 22.0 Å². The molecular weight excluding hydrogens is 348 g/mol. The third kappa shape index (κ3) is 3.41. The molecule has 24 heavy (non-hydrogen) atoms. The molecule has 2 amide bonds. The Labute approximate surface area is 146 Å². The topological polar surface area (TPSA) is 78.4 Å². The molecule has 7 heteroatoms. The minimum atomic E-state index is -0.569. The lowest BCUT2D eigenvalue weighted by Gasteiger charge is -2.07. The second-order valence-corrected chi connectivity index (χ2v) is 6.57. The van der Waals surface area contributed by atoms with E-state index in [0.717, 1.165) is 15.6 Å². The standard InChI is InChI=1S/C17H13ClN2O3S/c18-13-4-2-1-3-11(13)9-19-16(21)10-5-6-14-12(7-10)8-15(24-14)17(22)20-23/h1-8,23H,9H2,(H,19,21)(H,20,22). The quantitative estimate of drug-likeness (QED) is 0.491. The molecule has 2 aromatic carbocycles. The van der Waals surface area contributed by atoms with Gasteiger partial charge in [0.1, 0.15) is 0 Å². The van der Waals surface area contributed by atoms with Gasteiger partial charge in [-0.25, -0.2) is 5.48 Å². The molecule has 5 nitrogen and oxygen atoms in total. The van der Waals surface area contributed by atoms with E-state index in [1.165, 1.54) is 11.3 Å². The molecule has 0 radical (unpaired) electrons. The van der Waals surface area contributed by atoms with E-state index in [1.54, 1.807) is 35.8 Å². The predicted octanol–water partition coefficient (Wildman–Crippen LogP) is 3.60. The van der Waals surface area contributed by atoms with E-state index >= 15 is 0 Å². The van der Waals surface area contributed by atoms with Crippen LogP contribution in [0.25, 0.3) is 10.1 Å². The van der Waals surface area contributed by atoms with Gasteiger partial charge in [-0.2, -0.15) is 0 Å². The Morgan fingerprint density at radius 3 is 2.62 bits per heavy atom. The summed E-state index contributed by atoms with van der Waals surface area (Å²) in [6.45, 7) is 0.332. The number of hydrogen-bond acceptors (Lipinski definition) is 4. The van der Waals surface area contributed by atoms with E-state index < -0.39 is 5.91 Å². The first kappa shape index (κ1) is 16.4. The molecule has 1 heterocycles. The number of benzene rings is 2. The molecule has 0 saturated heterocycles. The Morgan fingerprint density at radius 2 is 1.88 bits per heavy atom. The van der Waals surface area contributed by atoms with Crippen LogP contribution in [0.15, 0.2) is 48.5 Å². The molecule has 122 valence electrons. The molecule has 1 aromatic heterocycles. The molecule has 0 unspecified atom stereocenters. The lowest BCUT2D eigenvalue weighted by molar-refractivity contribution is 0.0711. The SMILES string of the molecule is O=C(NCc1ccccc1Cl)c1ccc2sc(C(=O)NO)cc2c1. The highest BCUT2D eigenvalue weighted by molar-refractivity contribution is 7.20.